The summed E-state index contributed by atoms with van der Waals surface area (Å²) in [6, 6.07) is 9.67. The van der Waals surface area contributed by atoms with Crippen LogP contribution in [0.2, 0.25) is 0 Å². The highest BCUT2D eigenvalue weighted by molar-refractivity contribution is 6.04. The van der Waals surface area contributed by atoms with Crippen LogP contribution in [-0.4, -0.2) is 16.1 Å². The van der Waals surface area contributed by atoms with Gasteiger partial charge in [-0.05, 0) is 47.4 Å². The molecule has 3 rings (SSSR count). The second kappa shape index (κ2) is 5.92. The number of carbonyl (C=O) groups is 1. The SMILES string of the molecule is CC(C)(C)c1ccc2nc(-c3cc(F)ccc3F)cc(C(=O)O)c2c1. The highest BCUT2D eigenvalue weighted by Gasteiger charge is 2.19. The molecule has 3 aromatic rings. The Labute approximate surface area is 144 Å². The van der Waals surface area contributed by atoms with E-state index in [0.717, 1.165) is 23.8 Å². The van der Waals surface area contributed by atoms with Crippen molar-refractivity contribution in [1.82, 2.24) is 4.98 Å². The van der Waals surface area contributed by atoms with Gasteiger partial charge >= 0.3 is 5.97 Å². The maximum atomic E-state index is 14.1. The number of aromatic carboxylic acids is 1. The zero-order valence-electron chi connectivity index (χ0n) is 14.1. The molecule has 0 fully saturated rings. The van der Waals surface area contributed by atoms with Crippen molar-refractivity contribution in [2.45, 2.75) is 26.2 Å². The van der Waals surface area contributed by atoms with Gasteiger partial charge in [0.1, 0.15) is 11.6 Å². The third-order valence-electron chi connectivity index (χ3n) is 4.11. The minimum Gasteiger partial charge on any atom is -0.478 e. The summed E-state index contributed by atoms with van der Waals surface area (Å²) >= 11 is 0. The maximum absolute atomic E-state index is 14.1. The molecule has 1 aromatic heterocycles. The smallest absolute Gasteiger partial charge is 0.336 e. The lowest BCUT2D eigenvalue weighted by Gasteiger charge is -2.20. The molecule has 1 heterocycles. The number of fused-ring (bicyclic) bond motifs is 1. The number of rotatable bonds is 2. The first-order valence-electron chi connectivity index (χ1n) is 7.81. The van der Waals surface area contributed by atoms with Crippen molar-refractivity contribution in [3.05, 3.63) is 65.2 Å². The summed E-state index contributed by atoms with van der Waals surface area (Å²) in [5.41, 5.74) is 1.27. The van der Waals surface area contributed by atoms with Crippen molar-refractivity contribution in [2.75, 3.05) is 0 Å². The topological polar surface area (TPSA) is 50.2 Å². The van der Waals surface area contributed by atoms with E-state index in [-0.39, 0.29) is 22.2 Å². The number of pyridine rings is 1. The van der Waals surface area contributed by atoms with E-state index >= 15 is 0 Å². The first kappa shape index (κ1) is 17.0. The lowest BCUT2D eigenvalue weighted by molar-refractivity contribution is 0.0699. The van der Waals surface area contributed by atoms with Gasteiger partial charge in [0.15, 0.2) is 0 Å². The molecule has 0 saturated heterocycles. The van der Waals surface area contributed by atoms with Gasteiger partial charge in [-0.1, -0.05) is 26.8 Å². The zero-order chi connectivity index (χ0) is 18.4. The van der Waals surface area contributed by atoms with E-state index in [0.29, 0.717) is 10.9 Å². The van der Waals surface area contributed by atoms with Gasteiger partial charge in [0, 0.05) is 10.9 Å². The number of nitrogens with zero attached hydrogens (tertiary/aromatic N) is 1. The van der Waals surface area contributed by atoms with Crippen LogP contribution in [0.4, 0.5) is 8.78 Å². The molecule has 1 N–H and O–H groups in total. The average Bonchev–Trinajstić information content (AvgIpc) is 2.54. The van der Waals surface area contributed by atoms with E-state index in [1.54, 1.807) is 12.1 Å². The molecule has 0 unspecified atom stereocenters. The van der Waals surface area contributed by atoms with Crippen LogP contribution in [0.3, 0.4) is 0 Å². The van der Waals surface area contributed by atoms with Crippen LogP contribution in [-0.2, 0) is 5.41 Å². The van der Waals surface area contributed by atoms with Crippen LogP contribution in [0.15, 0.2) is 42.5 Å². The van der Waals surface area contributed by atoms with Crippen LogP contribution in [0, 0.1) is 11.6 Å². The number of halogens is 2. The molecule has 0 radical (unpaired) electrons. The number of aromatic nitrogens is 1. The minimum absolute atomic E-state index is 0.00904. The fourth-order valence-corrected chi connectivity index (χ4v) is 2.70. The van der Waals surface area contributed by atoms with Crippen LogP contribution in [0.1, 0.15) is 36.7 Å². The molecule has 0 aliphatic carbocycles. The summed E-state index contributed by atoms with van der Waals surface area (Å²) in [7, 11) is 0. The van der Waals surface area contributed by atoms with Crippen molar-refractivity contribution in [3.63, 3.8) is 0 Å². The van der Waals surface area contributed by atoms with E-state index in [9.17, 15) is 18.7 Å². The van der Waals surface area contributed by atoms with E-state index in [2.05, 4.69) is 4.98 Å². The lowest BCUT2D eigenvalue weighted by Crippen LogP contribution is -2.11. The van der Waals surface area contributed by atoms with Crippen molar-refractivity contribution in [2.24, 2.45) is 0 Å². The molecular formula is C20H17F2NO2. The number of benzene rings is 2. The number of carboxylic acids is 1. The molecule has 0 aliphatic rings. The van der Waals surface area contributed by atoms with E-state index in [1.165, 1.54) is 6.07 Å². The third-order valence-corrected chi connectivity index (χ3v) is 4.11. The Morgan fingerprint density at radius 3 is 2.40 bits per heavy atom. The summed E-state index contributed by atoms with van der Waals surface area (Å²) in [5.74, 6) is -2.41. The molecule has 0 saturated carbocycles. The fraction of sp³-hybridized carbons (Fsp3) is 0.200. The molecular weight excluding hydrogens is 324 g/mol. The van der Waals surface area contributed by atoms with E-state index < -0.39 is 17.6 Å². The third kappa shape index (κ3) is 3.22. The molecule has 0 atom stereocenters. The summed E-state index contributed by atoms with van der Waals surface area (Å²) < 4.78 is 27.5. The summed E-state index contributed by atoms with van der Waals surface area (Å²) in [6.07, 6.45) is 0. The van der Waals surface area contributed by atoms with E-state index in [1.807, 2.05) is 26.8 Å². The molecule has 2 aromatic carbocycles. The molecule has 0 amide bonds. The monoisotopic (exact) mass is 341 g/mol. The molecule has 3 nitrogen and oxygen atoms in total. The normalized spacial score (nSPS) is 11.7. The second-order valence-electron chi connectivity index (χ2n) is 6.97. The van der Waals surface area contributed by atoms with Crippen molar-refractivity contribution in [3.8, 4) is 11.3 Å². The van der Waals surface area contributed by atoms with Crippen molar-refractivity contribution < 1.29 is 18.7 Å². The van der Waals surface area contributed by atoms with Gasteiger partial charge < -0.3 is 5.11 Å². The summed E-state index contributed by atoms with van der Waals surface area (Å²) in [6.45, 7) is 6.08. The van der Waals surface area contributed by atoms with Gasteiger partial charge in [-0.25, -0.2) is 18.6 Å². The number of hydrogen-bond acceptors (Lipinski definition) is 2. The maximum Gasteiger partial charge on any atom is 0.336 e. The molecule has 0 spiro atoms. The average molecular weight is 341 g/mol. The fourth-order valence-electron chi connectivity index (χ4n) is 2.70. The summed E-state index contributed by atoms with van der Waals surface area (Å²) in [5, 5.41) is 10.0. The van der Waals surface area contributed by atoms with Crippen molar-refractivity contribution in [1.29, 1.82) is 0 Å². The Morgan fingerprint density at radius 2 is 1.76 bits per heavy atom. The Hall–Kier alpha value is -2.82. The van der Waals surface area contributed by atoms with Gasteiger partial charge in [-0.15, -0.1) is 0 Å². The van der Waals surface area contributed by atoms with Gasteiger partial charge in [0.05, 0.1) is 16.8 Å². The quantitative estimate of drug-likeness (QED) is 0.699. The first-order chi connectivity index (χ1) is 11.7. The van der Waals surface area contributed by atoms with Crippen LogP contribution in [0.25, 0.3) is 22.2 Å². The van der Waals surface area contributed by atoms with Crippen LogP contribution in [0.5, 0.6) is 0 Å². The highest BCUT2D eigenvalue weighted by Crippen LogP contribution is 2.31. The summed E-state index contributed by atoms with van der Waals surface area (Å²) in [4.78, 5) is 16.1. The highest BCUT2D eigenvalue weighted by atomic mass is 19.1. The van der Waals surface area contributed by atoms with E-state index in [4.69, 9.17) is 0 Å². The minimum atomic E-state index is -1.14. The Bertz CT molecular complexity index is 991. The Balaban J connectivity index is 2.31. The van der Waals surface area contributed by atoms with Gasteiger partial charge in [0.25, 0.3) is 0 Å². The van der Waals surface area contributed by atoms with Crippen LogP contribution >= 0.6 is 0 Å². The zero-order valence-corrected chi connectivity index (χ0v) is 14.1. The molecule has 0 aliphatic heterocycles. The van der Waals surface area contributed by atoms with Gasteiger partial charge in [-0.3, -0.25) is 0 Å². The number of carboxylic acid groups (broad SMARTS) is 1. The largest absolute Gasteiger partial charge is 0.478 e. The second-order valence-corrected chi connectivity index (χ2v) is 6.97. The predicted octanol–water partition coefficient (Wildman–Crippen LogP) is 5.18. The van der Waals surface area contributed by atoms with Gasteiger partial charge in [-0.2, -0.15) is 0 Å². The molecule has 25 heavy (non-hydrogen) atoms. The van der Waals surface area contributed by atoms with Crippen LogP contribution < -0.4 is 0 Å². The predicted molar refractivity (Wildman–Crippen MR) is 92.8 cm³/mol. The standard InChI is InChI=1S/C20H17F2NO2/c1-20(2,3)11-4-7-17-13(8-11)14(19(24)25)10-18(23-17)15-9-12(21)5-6-16(15)22/h4-10H,1-3H3,(H,24,25). The lowest BCUT2D eigenvalue weighted by atomic mass is 9.86. The molecule has 0 bridgehead atoms. The molecule has 128 valence electrons. The first-order valence-corrected chi connectivity index (χ1v) is 7.81. The Kier molecular flexibility index (Phi) is 4.03. The Morgan fingerprint density at radius 1 is 1.04 bits per heavy atom. The van der Waals surface area contributed by atoms with Crippen molar-refractivity contribution >= 4 is 16.9 Å². The molecule has 5 heteroatoms. The van der Waals surface area contributed by atoms with Gasteiger partial charge in [0.2, 0.25) is 0 Å². The number of hydrogen-bond donors (Lipinski definition) is 1.